The van der Waals surface area contributed by atoms with Crippen molar-refractivity contribution in [1.29, 1.82) is 0 Å². The molecule has 1 aromatic rings. The number of methoxy groups -OCH3 is 1. The minimum Gasteiger partial charge on any atom is -0.493 e. The molecule has 0 radical (unpaired) electrons. The number of nitrogens with zero attached hydrogens (tertiary/aromatic N) is 2. The van der Waals surface area contributed by atoms with Crippen molar-refractivity contribution >= 4 is 0 Å². The summed E-state index contributed by atoms with van der Waals surface area (Å²) < 4.78 is 7.80. The standard InChI is InChI=1S/C17H31N3O/c1-5-9-20-17(16(21-4)12-19-20)15-10-13(6-2)7-8-14(15)11-18-3/h12-15,18H,5-11H2,1-4H3. The minimum absolute atomic E-state index is 0.570. The lowest BCUT2D eigenvalue weighted by atomic mass is 9.71. The fourth-order valence-corrected chi connectivity index (χ4v) is 3.83. The summed E-state index contributed by atoms with van der Waals surface area (Å²) >= 11 is 0. The van der Waals surface area contributed by atoms with Gasteiger partial charge in [-0.3, -0.25) is 4.68 Å². The van der Waals surface area contributed by atoms with Crippen LogP contribution in [0.3, 0.4) is 0 Å². The Morgan fingerprint density at radius 1 is 1.38 bits per heavy atom. The van der Waals surface area contributed by atoms with E-state index in [1.165, 1.54) is 31.4 Å². The molecule has 1 heterocycles. The first-order chi connectivity index (χ1) is 10.2. The van der Waals surface area contributed by atoms with Gasteiger partial charge in [-0.1, -0.05) is 26.7 Å². The van der Waals surface area contributed by atoms with Crippen molar-refractivity contribution in [1.82, 2.24) is 15.1 Å². The van der Waals surface area contributed by atoms with Crippen molar-refractivity contribution in [3.63, 3.8) is 0 Å². The summed E-state index contributed by atoms with van der Waals surface area (Å²) in [6.45, 7) is 6.60. The molecule has 120 valence electrons. The molecule has 1 N–H and O–H groups in total. The van der Waals surface area contributed by atoms with Crippen LogP contribution in [0.4, 0.5) is 0 Å². The Kier molecular flexibility index (Phi) is 6.09. The summed E-state index contributed by atoms with van der Waals surface area (Å²) in [5.41, 5.74) is 1.33. The fraction of sp³-hybridized carbons (Fsp3) is 0.824. The van der Waals surface area contributed by atoms with Gasteiger partial charge in [-0.15, -0.1) is 0 Å². The molecule has 3 unspecified atom stereocenters. The van der Waals surface area contributed by atoms with E-state index < -0.39 is 0 Å². The lowest BCUT2D eigenvalue weighted by molar-refractivity contribution is 0.216. The Bertz CT molecular complexity index is 430. The molecular formula is C17H31N3O. The first-order valence-electron chi connectivity index (χ1n) is 8.49. The van der Waals surface area contributed by atoms with Gasteiger partial charge in [-0.2, -0.15) is 5.10 Å². The van der Waals surface area contributed by atoms with Crippen molar-refractivity contribution in [3.8, 4) is 5.75 Å². The van der Waals surface area contributed by atoms with Crippen molar-refractivity contribution in [3.05, 3.63) is 11.9 Å². The summed E-state index contributed by atoms with van der Waals surface area (Å²) in [6, 6.07) is 0. The molecule has 1 aromatic heterocycles. The lowest BCUT2D eigenvalue weighted by Gasteiger charge is -2.36. The van der Waals surface area contributed by atoms with Crippen molar-refractivity contribution in [2.45, 2.75) is 58.4 Å². The number of nitrogens with one attached hydrogen (secondary N) is 1. The summed E-state index contributed by atoms with van der Waals surface area (Å²) in [7, 11) is 3.83. The van der Waals surface area contributed by atoms with E-state index in [-0.39, 0.29) is 0 Å². The molecule has 0 amide bonds. The molecule has 0 spiro atoms. The van der Waals surface area contributed by atoms with Crippen LogP contribution >= 0.6 is 0 Å². The van der Waals surface area contributed by atoms with E-state index in [2.05, 4.69) is 36.0 Å². The summed E-state index contributed by atoms with van der Waals surface area (Å²) in [5, 5.41) is 7.95. The number of ether oxygens (including phenoxy) is 1. The second-order valence-electron chi connectivity index (χ2n) is 6.33. The van der Waals surface area contributed by atoms with Crippen LogP contribution in [0, 0.1) is 11.8 Å². The Hall–Kier alpha value is -1.03. The van der Waals surface area contributed by atoms with Crippen LogP contribution in [0.15, 0.2) is 6.20 Å². The van der Waals surface area contributed by atoms with E-state index in [0.717, 1.165) is 31.2 Å². The maximum Gasteiger partial charge on any atom is 0.160 e. The largest absolute Gasteiger partial charge is 0.493 e. The normalized spacial score (nSPS) is 26.0. The molecule has 0 aliphatic heterocycles. The van der Waals surface area contributed by atoms with Crippen LogP contribution in [0.25, 0.3) is 0 Å². The highest BCUT2D eigenvalue weighted by Crippen LogP contribution is 2.44. The Balaban J connectivity index is 2.31. The monoisotopic (exact) mass is 293 g/mol. The molecule has 4 nitrogen and oxygen atoms in total. The number of hydrogen-bond acceptors (Lipinski definition) is 3. The molecule has 1 saturated carbocycles. The van der Waals surface area contributed by atoms with Gasteiger partial charge in [-0.05, 0) is 44.7 Å². The third-order valence-electron chi connectivity index (χ3n) is 5.00. The van der Waals surface area contributed by atoms with Gasteiger partial charge in [-0.25, -0.2) is 0 Å². The average Bonchev–Trinajstić information content (AvgIpc) is 2.91. The van der Waals surface area contributed by atoms with Crippen molar-refractivity contribution < 1.29 is 4.74 Å². The zero-order chi connectivity index (χ0) is 15.2. The number of hydrogen-bond donors (Lipinski definition) is 1. The van der Waals surface area contributed by atoms with Crippen LogP contribution in [0.2, 0.25) is 0 Å². The maximum atomic E-state index is 5.62. The van der Waals surface area contributed by atoms with E-state index in [9.17, 15) is 0 Å². The van der Waals surface area contributed by atoms with Crippen LogP contribution in [-0.4, -0.2) is 30.5 Å². The molecule has 1 aliphatic carbocycles. The molecule has 0 saturated heterocycles. The third-order valence-corrected chi connectivity index (χ3v) is 5.00. The second-order valence-corrected chi connectivity index (χ2v) is 6.33. The molecule has 4 heteroatoms. The Labute approximate surface area is 129 Å². The van der Waals surface area contributed by atoms with Gasteiger partial charge in [0.05, 0.1) is 19.0 Å². The SMILES string of the molecule is CCCn1ncc(OC)c1C1CC(CC)CCC1CNC. The molecule has 0 aromatic carbocycles. The van der Waals surface area contributed by atoms with Gasteiger partial charge in [0.1, 0.15) is 0 Å². The van der Waals surface area contributed by atoms with Gasteiger partial charge in [0.15, 0.2) is 5.75 Å². The minimum atomic E-state index is 0.570. The molecule has 2 rings (SSSR count). The quantitative estimate of drug-likeness (QED) is 0.837. The molecular weight excluding hydrogens is 262 g/mol. The number of rotatable bonds is 7. The lowest BCUT2D eigenvalue weighted by Crippen LogP contribution is -2.32. The van der Waals surface area contributed by atoms with Crippen LogP contribution in [0.1, 0.15) is 57.6 Å². The Morgan fingerprint density at radius 2 is 2.19 bits per heavy atom. The molecule has 1 fully saturated rings. The van der Waals surface area contributed by atoms with E-state index in [1.54, 1.807) is 7.11 Å². The van der Waals surface area contributed by atoms with Gasteiger partial charge in [0.25, 0.3) is 0 Å². The van der Waals surface area contributed by atoms with Crippen molar-refractivity contribution in [2.24, 2.45) is 11.8 Å². The van der Waals surface area contributed by atoms with E-state index in [4.69, 9.17) is 4.74 Å². The predicted molar refractivity (Wildman–Crippen MR) is 86.9 cm³/mol. The molecule has 1 aliphatic rings. The first-order valence-corrected chi connectivity index (χ1v) is 8.49. The summed E-state index contributed by atoms with van der Waals surface area (Å²) in [5.74, 6) is 3.09. The van der Waals surface area contributed by atoms with Crippen LogP contribution in [-0.2, 0) is 6.54 Å². The smallest absolute Gasteiger partial charge is 0.160 e. The van der Waals surface area contributed by atoms with Crippen LogP contribution in [0.5, 0.6) is 5.75 Å². The highest BCUT2D eigenvalue weighted by atomic mass is 16.5. The van der Waals surface area contributed by atoms with Gasteiger partial charge < -0.3 is 10.1 Å². The van der Waals surface area contributed by atoms with Gasteiger partial charge in [0.2, 0.25) is 0 Å². The maximum absolute atomic E-state index is 5.62. The number of aryl methyl sites for hydroxylation is 1. The zero-order valence-electron chi connectivity index (χ0n) is 14.1. The van der Waals surface area contributed by atoms with Gasteiger partial charge in [0, 0.05) is 12.5 Å². The average molecular weight is 293 g/mol. The van der Waals surface area contributed by atoms with E-state index in [0.29, 0.717) is 11.8 Å². The fourth-order valence-electron chi connectivity index (χ4n) is 3.83. The predicted octanol–water partition coefficient (Wildman–Crippen LogP) is 3.43. The Morgan fingerprint density at radius 3 is 2.81 bits per heavy atom. The second kappa shape index (κ2) is 7.83. The number of aromatic nitrogens is 2. The molecule has 3 atom stereocenters. The highest BCUT2D eigenvalue weighted by Gasteiger charge is 2.34. The highest BCUT2D eigenvalue weighted by molar-refractivity contribution is 5.30. The van der Waals surface area contributed by atoms with Gasteiger partial charge >= 0.3 is 0 Å². The molecule has 21 heavy (non-hydrogen) atoms. The van der Waals surface area contributed by atoms with E-state index in [1.807, 2.05) is 6.20 Å². The summed E-state index contributed by atoms with van der Waals surface area (Å²) in [4.78, 5) is 0. The topological polar surface area (TPSA) is 39.1 Å². The van der Waals surface area contributed by atoms with Crippen LogP contribution < -0.4 is 10.1 Å². The molecule has 0 bridgehead atoms. The first kappa shape index (κ1) is 16.3. The van der Waals surface area contributed by atoms with Crippen molar-refractivity contribution in [2.75, 3.05) is 20.7 Å². The third kappa shape index (κ3) is 3.60. The van der Waals surface area contributed by atoms with E-state index >= 15 is 0 Å². The summed E-state index contributed by atoms with van der Waals surface area (Å²) in [6.07, 6.45) is 8.24. The zero-order valence-corrected chi connectivity index (χ0v) is 14.1.